The molecule has 0 spiro atoms. The Balaban J connectivity index is 2.34. The van der Waals surface area contributed by atoms with E-state index in [4.69, 9.17) is 6.42 Å². The average molecular weight is 245 g/mol. The molecule has 1 atom stereocenters. The van der Waals surface area contributed by atoms with Crippen molar-refractivity contribution in [1.29, 1.82) is 0 Å². The third kappa shape index (κ3) is 2.26. The summed E-state index contributed by atoms with van der Waals surface area (Å²) in [6.07, 6.45) is 8.87. The van der Waals surface area contributed by atoms with E-state index >= 15 is 0 Å². The van der Waals surface area contributed by atoms with E-state index in [9.17, 15) is 5.11 Å². The van der Waals surface area contributed by atoms with E-state index in [-0.39, 0.29) is 12.6 Å². The van der Waals surface area contributed by atoms with Gasteiger partial charge in [-0.2, -0.15) is 0 Å². The van der Waals surface area contributed by atoms with E-state index in [0.717, 1.165) is 12.2 Å². The van der Waals surface area contributed by atoms with Crippen LogP contribution in [0.3, 0.4) is 0 Å². The van der Waals surface area contributed by atoms with Gasteiger partial charge < -0.3 is 15.0 Å². The Morgan fingerprint density at radius 3 is 3.00 bits per heavy atom. The number of fused-ring (bicyclic) bond motifs is 1. The first-order chi connectivity index (χ1) is 8.80. The molecule has 94 valence electrons. The topological polar surface area (TPSA) is 75.9 Å². The van der Waals surface area contributed by atoms with E-state index in [1.807, 2.05) is 11.5 Å². The van der Waals surface area contributed by atoms with E-state index in [2.05, 4.69) is 26.2 Å². The van der Waals surface area contributed by atoms with Crippen molar-refractivity contribution in [1.82, 2.24) is 19.5 Å². The van der Waals surface area contributed by atoms with Crippen LogP contribution in [0, 0.1) is 12.3 Å². The van der Waals surface area contributed by atoms with Gasteiger partial charge in [-0.15, -0.1) is 12.3 Å². The summed E-state index contributed by atoms with van der Waals surface area (Å²) in [4.78, 5) is 12.6. The van der Waals surface area contributed by atoms with Gasteiger partial charge in [-0.25, -0.2) is 15.0 Å². The summed E-state index contributed by atoms with van der Waals surface area (Å²) in [7, 11) is 0. The zero-order valence-corrected chi connectivity index (χ0v) is 10.2. The fourth-order valence-electron chi connectivity index (χ4n) is 1.71. The van der Waals surface area contributed by atoms with Crippen LogP contribution in [-0.4, -0.2) is 37.3 Å². The number of aryl methyl sites for hydroxylation is 1. The molecule has 2 aromatic heterocycles. The van der Waals surface area contributed by atoms with Crippen molar-refractivity contribution in [2.24, 2.45) is 0 Å². The van der Waals surface area contributed by atoms with Gasteiger partial charge in [-0.3, -0.25) is 0 Å². The second-order valence-electron chi connectivity index (χ2n) is 3.86. The average Bonchev–Trinajstić information content (AvgIpc) is 2.82. The van der Waals surface area contributed by atoms with Crippen LogP contribution in [0.5, 0.6) is 0 Å². The molecule has 0 aliphatic carbocycles. The van der Waals surface area contributed by atoms with Crippen molar-refractivity contribution in [3.63, 3.8) is 0 Å². The molecule has 0 aliphatic rings. The summed E-state index contributed by atoms with van der Waals surface area (Å²) in [6.45, 7) is 2.76. The zero-order chi connectivity index (χ0) is 13.0. The van der Waals surface area contributed by atoms with Gasteiger partial charge in [0.2, 0.25) is 0 Å². The van der Waals surface area contributed by atoms with Crippen LogP contribution in [0.15, 0.2) is 12.7 Å². The van der Waals surface area contributed by atoms with Gasteiger partial charge in [-0.1, -0.05) is 0 Å². The summed E-state index contributed by atoms with van der Waals surface area (Å²) >= 11 is 0. The summed E-state index contributed by atoms with van der Waals surface area (Å²) in [5, 5.41) is 12.3. The van der Waals surface area contributed by atoms with Crippen molar-refractivity contribution in [2.45, 2.75) is 25.9 Å². The standard InChI is InChI=1S/C12H15N5O/c1-3-5-9(6-18)16-11-10-12(14-7-13-11)17(4-2)8-15-10/h1,7-9,18H,4-6H2,2H3,(H,13,14,16)/t9-/m1/s1. The van der Waals surface area contributed by atoms with Gasteiger partial charge in [0, 0.05) is 13.0 Å². The number of hydrogen-bond donors (Lipinski definition) is 2. The lowest BCUT2D eigenvalue weighted by atomic mass is 10.2. The second kappa shape index (κ2) is 5.47. The first-order valence-electron chi connectivity index (χ1n) is 5.76. The molecule has 6 heteroatoms. The molecular weight excluding hydrogens is 230 g/mol. The zero-order valence-electron chi connectivity index (χ0n) is 10.2. The Bertz CT molecular complexity index is 571. The van der Waals surface area contributed by atoms with Crippen LogP contribution < -0.4 is 5.32 Å². The highest BCUT2D eigenvalue weighted by atomic mass is 16.3. The predicted molar refractivity (Wildman–Crippen MR) is 68.9 cm³/mol. The maximum Gasteiger partial charge on any atom is 0.165 e. The lowest BCUT2D eigenvalue weighted by molar-refractivity contribution is 0.276. The largest absolute Gasteiger partial charge is 0.394 e. The highest BCUT2D eigenvalue weighted by Gasteiger charge is 2.12. The Labute approximate surface area is 105 Å². The molecule has 0 radical (unpaired) electrons. The molecule has 0 amide bonds. The summed E-state index contributed by atoms with van der Waals surface area (Å²) in [6, 6.07) is -0.222. The quantitative estimate of drug-likeness (QED) is 0.756. The number of anilines is 1. The van der Waals surface area contributed by atoms with Crippen LogP contribution >= 0.6 is 0 Å². The molecule has 2 heterocycles. The van der Waals surface area contributed by atoms with Crippen molar-refractivity contribution in [3.05, 3.63) is 12.7 Å². The number of hydrogen-bond acceptors (Lipinski definition) is 5. The Kier molecular flexibility index (Phi) is 3.75. The van der Waals surface area contributed by atoms with Crippen molar-refractivity contribution in [2.75, 3.05) is 11.9 Å². The normalized spacial score (nSPS) is 12.3. The smallest absolute Gasteiger partial charge is 0.165 e. The number of aromatic nitrogens is 4. The van der Waals surface area contributed by atoms with Crippen LogP contribution in [0.1, 0.15) is 13.3 Å². The van der Waals surface area contributed by atoms with E-state index in [0.29, 0.717) is 17.8 Å². The van der Waals surface area contributed by atoms with Crippen molar-refractivity contribution < 1.29 is 5.11 Å². The van der Waals surface area contributed by atoms with Gasteiger partial charge in [0.15, 0.2) is 11.5 Å². The summed E-state index contributed by atoms with van der Waals surface area (Å²) in [5.41, 5.74) is 1.46. The van der Waals surface area contributed by atoms with Gasteiger partial charge in [0.05, 0.1) is 19.0 Å². The number of aliphatic hydroxyl groups is 1. The number of rotatable bonds is 5. The van der Waals surface area contributed by atoms with Crippen LogP contribution in [0.25, 0.3) is 11.2 Å². The van der Waals surface area contributed by atoms with Gasteiger partial charge in [0.1, 0.15) is 11.8 Å². The predicted octanol–water partition coefficient (Wildman–Crippen LogP) is 0.642. The molecule has 0 fully saturated rings. The highest BCUT2D eigenvalue weighted by Crippen LogP contribution is 2.18. The molecule has 2 aromatic rings. The molecule has 0 aliphatic heterocycles. The monoisotopic (exact) mass is 245 g/mol. The summed E-state index contributed by atoms with van der Waals surface area (Å²) in [5.74, 6) is 3.11. The molecule has 0 aromatic carbocycles. The van der Waals surface area contributed by atoms with Crippen molar-refractivity contribution in [3.8, 4) is 12.3 Å². The number of aliphatic hydroxyl groups excluding tert-OH is 1. The van der Waals surface area contributed by atoms with E-state index in [1.54, 1.807) is 6.33 Å². The second-order valence-corrected chi connectivity index (χ2v) is 3.86. The Morgan fingerprint density at radius 1 is 1.50 bits per heavy atom. The maximum atomic E-state index is 9.21. The molecule has 0 saturated heterocycles. The minimum Gasteiger partial charge on any atom is -0.394 e. The number of terminal acetylenes is 1. The Morgan fingerprint density at radius 2 is 2.33 bits per heavy atom. The molecular formula is C12H15N5O. The molecule has 18 heavy (non-hydrogen) atoms. The third-order valence-electron chi connectivity index (χ3n) is 2.67. The molecule has 0 unspecified atom stereocenters. The molecule has 0 saturated carbocycles. The molecule has 2 N–H and O–H groups in total. The minimum absolute atomic E-state index is 0.0514. The van der Waals surface area contributed by atoms with Gasteiger partial charge in [-0.05, 0) is 6.92 Å². The van der Waals surface area contributed by atoms with Crippen LogP contribution in [-0.2, 0) is 6.54 Å². The molecule has 2 rings (SSSR count). The number of nitrogens with one attached hydrogen (secondary N) is 1. The lowest BCUT2D eigenvalue weighted by Gasteiger charge is -2.14. The van der Waals surface area contributed by atoms with Crippen LogP contribution in [0.4, 0.5) is 5.82 Å². The van der Waals surface area contributed by atoms with E-state index < -0.39 is 0 Å². The third-order valence-corrected chi connectivity index (χ3v) is 2.67. The van der Waals surface area contributed by atoms with E-state index in [1.165, 1.54) is 6.33 Å². The fourth-order valence-corrected chi connectivity index (χ4v) is 1.71. The minimum atomic E-state index is -0.222. The summed E-state index contributed by atoms with van der Waals surface area (Å²) < 4.78 is 1.93. The van der Waals surface area contributed by atoms with Crippen LogP contribution in [0.2, 0.25) is 0 Å². The number of nitrogens with zero attached hydrogens (tertiary/aromatic N) is 4. The lowest BCUT2D eigenvalue weighted by Crippen LogP contribution is -2.24. The van der Waals surface area contributed by atoms with Crippen molar-refractivity contribution >= 4 is 17.0 Å². The fraction of sp³-hybridized carbons (Fsp3) is 0.417. The van der Waals surface area contributed by atoms with Gasteiger partial charge in [0.25, 0.3) is 0 Å². The highest BCUT2D eigenvalue weighted by molar-refractivity contribution is 5.82. The maximum absolute atomic E-state index is 9.21. The molecule has 0 bridgehead atoms. The SMILES string of the molecule is C#CC[C@H](CO)Nc1ncnc2c1ncn2CC. The molecule has 6 nitrogen and oxygen atoms in total. The number of imidazole rings is 1. The van der Waals surface area contributed by atoms with Gasteiger partial charge >= 0.3 is 0 Å². The first kappa shape index (κ1) is 12.3. The Hall–Kier alpha value is -2.13. The first-order valence-corrected chi connectivity index (χ1v) is 5.76.